The summed E-state index contributed by atoms with van der Waals surface area (Å²) >= 11 is 1.44. The normalized spacial score (nSPS) is 9.78. The predicted molar refractivity (Wildman–Crippen MR) is 93.7 cm³/mol. The van der Waals surface area contributed by atoms with Crippen molar-refractivity contribution in [1.82, 2.24) is 4.98 Å². The average Bonchev–Trinajstić information content (AvgIpc) is 3.00. The second kappa shape index (κ2) is 6.91. The fourth-order valence-electron chi connectivity index (χ4n) is 2.04. The van der Waals surface area contributed by atoms with Crippen LogP contribution in [0.25, 0.3) is 0 Å². The quantitative estimate of drug-likeness (QED) is 0.723. The van der Waals surface area contributed by atoms with Crippen molar-refractivity contribution >= 4 is 22.9 Å². The number of rotatable bonds is 2. The lowest BCUT2D eigenvalue weighted by molar-refractivity contribution is 0.103. The van der Waals surface area contributed by atoms with Crippen LogP contribution in [-0.4, -0.2) is 10.9 Å². The second-order valence-electron chi connectivity index (χ2n) is 4.93. The molecule has 0 radical (unpaired) electrons. The van der Waals surface area contributed by atoms with Crippen LogP contribution in [0.4, 0.5) is 5.69 Å². The van der Waals surface area contributed by atoms with Gasteiger partial charge in [-0.1, -0.05) is 18.1 Å². The van der Waals surface area contributed by atoms with Crippen LogP contribution in [0.3, 0.4) is 0 Å². The van der Waals surface area contributed by atoms with E-state index in [4.69, 9.17) is 0 Å². The molecule has 112 valence electrons. The Kier molecular flexibility index (Phi) is 4.51. The van der Waals surface area contributed by atoms with Gasteiger partial charge in [0.15, 0.2) is 0 Å². The molecule has 0 spiro atoms. The molecule has 2 aromatic heterocycles. The Morgan fingerprint density at radius 2 is 2.04 bits per heavy atom. The standard InChI is InChI=1S/C19H14N2OS/c1-14-10-12-23-18(14)19(22)21-17-7-4-5-15(13-17)8-9-16-6-2-3-11-20-16/h2-7,10-13H,1H3,(H,21,22). The van der Waals surface area contributed by atoms with Crippen LogP contribution in [0.15, 0.2) is 60.1 Å². The first-order valence-electron chi connectivity index (χ1n) is 7.11. The molecule has 2 heterocycles. The first-order valence-corrected chi connectivity index (χ1v) is 7.99. The van der Waals surface area contributed by atoms with E-state index in [-0.39, 0.29) is 5.91 Å². The van der Waals surface area contributed by atoms with Gasteiger partial charge in [0.25, 0.3) is 5.91 Å². The molecule has 0 atom stereocenters. The van der Waals surface area contributed by atoms with Gasteiger partial charge >= 0.3 is 0 Å². The zero-order valence-electron chi connectivity index (χ0n) is 12.5. The molecule has 3 nitrogen and oxygen atoms in total. The summed E-state index contributed by atoms with van der Waals surface area (Å²) in [5.74, 6) is 5.98. The first kappa shape index (κ1) is 15.0. The minimum absolute atomic E-state index is 0.0904. The Morgan fingerprint density at radius 1 is 1.13 bits per heavy atom. The number of amides is 1. The van der Waals surface area contributed by atoms with E-state index in [9.17, 15) is 4.79 Å². The van der Waals surface area contributed by atoms with Gasteiger partial charge < -0.3 is 5.32 Å². The number of thiophene rings is 1. The first-order chi connectivity index (χ1) is 11.2. The van der Waals surface area contributed by atoms with Gasteiger partial charge in [-0.05, 0) is 60.2 Å². The molecule has 1 N–H and O–H groups in total. The van der Waals surface area contributed by atoms with Crippen LogP contribution in [0.5, 0.6) is 0 Å². The average molecular weight is 318 g/mol. The van der Waals surface area contributed by atoms with Gasteiger partial charge in [-0.15, -0.1) is 11.3 Å². The van der Waals surface area contributed by atoms with Crippen LogP contribution >= 0.6 is 11.3 Å². The van der Waals surface area contributed by atoms with Gasteiger partial charge in [0.05, 0.1) is 4.88 Å². The highest BCUT2D eigenvalue weighted by atomic mass is 32.1. The summed E-state index contributed by atoms with van der Waals surface area (Å²) in [5.41, 5.74) is 3.27. The van der Waals surface area contributed by atoms with E-state index in [2.05, 4.69) is 22.1 Å². The predicted octanol–water partition coefficient (Wildman–Crippen LogP) is 4.10. The van der Waals surface area contributed by atoms with Crippen molar-refractivity contribution in [1.29, 1.82) is 0 Å². The lowest BCUT2D eigenvalue weighted by atomic mass is 10.2. The smallest absolute Gasteiger partial charge is 0.265 e. The molecule has 1 aromatic carbocycles. The molecule has 0 aliphatic carbocycles. The van der Waals surface area contributed by atoms with Crippen molar-refractivity contribution in [3.8, 4) is 11.8 Å². The van der Waals surface area contributed by atoms with E-state index in [1.807, 2.05) is 60.8 Å². The van der Waals surface area contributed by atoms with Crippen molar-refractivity contribution in [2.45, 2.75) is 6.92 Å². The van der Waals surface area contributed by atoms with Gasteiger partial charge in [-0.25, -0.2) is 4.98 Å². The second-order valence-corrected chi connectivity index (χ2v) is 5.85. The summed E-state index contributed by atoms with van der Waals surface area (Å²) in [6.45, 7) is 1.93. The van der Waals surface area contributed by atoms with E-state index < -0.39 is 0 Å². The molecular formula is C19H14N2OS. The summed E-state index contributed by atoms with van der Waals surface area (Å²) in [7, 11) is 0. The highest BCUT2D eigenvalue weighted by molar-refractivity contribution is 7.12. The summed E-state index contributed by atoms with van der Waals surface area (Å²) in [5, 5.41) is 4.83. The number of aromatic nitrogens is 1. The number of anilines is 1. The summed E-state index contributed by atoms with van der Waals surface area (Å²) in [6.07, 6.45) is 1.71. The van der Waals surface area contributed by atoms with E-state index in [0.29, 0.717) is 0 Å². The van der Waals surface area contributed by atoms with E-state index >= 15 is 0 Å². The Morgan fingerprint density at radius 3 is 2.78 bits per heavy atom. The highest BCUT2D eigenvalue weighted by Crippen LogP contribution is 2.18. The zero-order valence-corrected chi connectivity index (χ0v) is 13.4. The van der Waals surface area contributed by atoms with E-state index in [1.165, 1.54) is 11.3 Å². The molecule has 3 aromatic rings. The van der Waals surface area contributed by atoms with Crippen molar-refractivity contribution in [2.24, 2.45) is 0 Å². The zero-order chi connectivity index (χ0) is 16.1. The fourth-order valence-corrected chi connectivity index (χ4v) is 2.86. The molecule has 0 unspecified atom stereocenters. The molecule has 0 bridgehead atoms. The highest BCUT2D eigenvalue weighted by Gasteiger charge is 2.10. The van der Waals surface area contributed by atoms with E-state index in [0.717, 1.165) is 27.4 Å². The van der Waals surface area contributed by atoms with Crippen LogP contribution in [-0.2, 0) is 0 Å². The monoisotopic (exact) mass is 318 g/mol. The fraction of sp³-hybridized carbons (Fsp3) is 0.0526. The molecule has 1 amide bonds. The lowest BCUT2D eigenvalue weighted by Gasteiger charge is -2.04. The van der Waals surface area contributed by atoms with Gasteiger partial charge in [-0.2, -0.15) is 0 Å². The van der Waals surface area contributed by atoms with Crippen molar-refractivity contribution < 1.29 is 4.79 Å². The molecule has 0 fully saturated rings. The third kappa shape index (κ3) is 3.85. The van der Waals surface area contributed by atoms with Crippen LogP contribution in [0.1, 0.15) is 26.5 Å². The Labute approximate surface area is 139 Å². The number of nitrogens with zero attached hydrogens (tertiary/aromatic N) is 1. The number of pyridine rings is 1. The largest absolute Gasteiger partial charge is 0.321 e. The lowest BCUT2D eigenvalue weighted by Crippen LogP contribution is -2.11. The topological polar surface area (TPSA) is 42.0 Å². The number of aryl methyl sites for hydroxylation is 1. The van der Waals surface area contributed by atoms with Crippen LogP contribution < -0.4 is 5.32 Å². The van der Waals surface area contributed by atoms with Crippen molar-refractivity contribution in [2.75, 3.05) is 5.32 Å². The van der Waals surface area contributed by atoms with Crippen LogP contribution in [0, 0.1) is 18.8 Å². The molecule has 0 aliphatic rings. The number of nitrogens with one attached hydrogen (secondary N) is 1. The van der Waals surface area contributed by atoms with E-state index in [1.54, 1.807) is 6.20 Å². The Balaban J connectivity index is 1.77. The van der Waals surface area contributed by atoms with Gasteiger partial charge in [-0.3, -0.25) is 4.79 Å². The maximum atomic E-state index is 12.2. The molecule has 4 heteroatoms. The number of benzene rings is 1. The summed E-state index contributed by atoms with van der Waals surface area (Å²) in [6, 6.07) is 15.0. The maximum Gasteiger partial charge on any atom is 0.265 e. The third-order valence-electron chi connectivity index (χ3n) is 3.19. The minimum Gasteiger partial charge on any atom is -0.321 e. The molecule has 0 aliphatic heterocycles. The Bertz CT molecular complexity index is 888. The van der Waals surface area contributed by atoms with Gasteiger partial charge in [0.2, 0.25) is 0 Å². The van der Waals surface area contributed by atoms with Crippen LogP contribution in [0.2, 0.25) is 0 Å². The SMILES string of the molecule is Cc1ccsc1C(=O)Nc1cccc(C#Cc2ccccn2)c1. The third-order valence-corrected chi connectivity index (χ3v) is 4.20. The molecular weight excluding hydrogens is 304 g/mol. The maximum absolute atomic E-state index is 12.2. The number of carbonyl (C=O) groups is 1. The van der Waals surface area contributed by atoms with Gasteiger partial charge in [0.1, 0.15) is 5.69 Å². The van der Waals surface area contributed by atoms with Crippen molar-refractivity contribution in [3.63, 3.8) is 0 Å². The number of hydrogen-bond acceptors (Lipinski definition) is 3. The Hall–Kier alpha value is -2.90. The van der Waals surface area contributed by atoms with Crippen molar-refractivity contribution in [3.05, 3.63) is 81.8 Å². The summed E-state index contributed by atoms with van der Waals surface area (Å²) < 4.78 is 0. The molecule has 23 heavy (non-hydrogen) atoms. The number of carbonyl (C=O) groups excluding carboxylic acids is 1. The number of hydrogen-bond donors (Lipinski definition) is 1. The van der Waals surface area contributed by atoms with Gasteiger partial charge in [0, 0.05) is 17.4 Å². The molecule has 0 saturated heterocycles. The molecule has 3 rings (SSSR count). The molecule has 0 saturated carbocycles. The minimum atomic E-state index is -0.0904. The summed E-state index contributed by atoms with van der Waals surface area (Å²) in [4.78, 5) is 17.1.